The molecule has 20 heavy (non-hydrogen) atoms. The molecule has 0 saturated heterocycles. The fourth-order valence-electron chi connectivity index (χ4n) is 2.21. The molecule has 0 aromatic heterocycles. The molecular formula is C15H23BrN2O2. The van der Waals surface area contributed by atoms with E-state index in [-0.39, 0.29) is 12.5 Å². The lowest BCUT2D eigenvalue weighted by Crippen LogP contribution is -2.30. The summed E-state index contributed by atoms with van der Waals surface area (Å²) in [6.45, 7) is 4.68. The number of hydrogen-bond acceptors (Lipinski definition) is 3. The second kappa shape index (κ2) is 8.27. The molecule has 0 aliphatic carbocycles. The molecule has 4 nitrogen and oxygen atoms in total. The molecule has 1 rings (SSSR count). The first-order valence-corrected chi connectivity index (χ1v) is 7.73. The minimum atomic E-state index is -0.116. The van der Waals surface area contributed by atoms with Gasteiger partial charge in [-0.15, -0.1) is 0 Å². The van der Waals surface area contributed by atoms with Crippen molar-refractivity contribution in [3.63, 3.8) is 0 Å². The molecule has 0 heterocycles. The van der Waals surface area contributed by atoms with Gasteiger partial charge in [-0.1, -0.05) is 29.3 Å². The van der Waals surface area contributed by atoms with E-state index in [9.17, 15) is 4.79 Å². The molecule has 0 aliphatic rings. The fraction of sp³-hybridized carbons (Fsp3) is 0.533. The third kappa shape index (κ3) is 4.80. The van der Waals surface area contributed by atoms with Crippen LogP contribution in [0.25, 0.3) is 0 Å². The lowest BCUT2D eigenvalue weighted by atomic mass is 9.99. The van der Waals surface area contributed by atoms with E-state index in [4.69, 9.17) is 10.8 Å². The van der Waals surface area contributed by atoms with Crippen LogP contribution in [-0.4, -0.2) is 24.2 Å². The Bertz CT molecular complexity index is 457. The van der Waals surface area contributed by atoms with Gasteiger partial charge in [-0.2, -0.15) is 0 Å². The van der Waals surface area contributed by atoms with Crippen molar-refractivity contribution < 1.29 is 9.90 Å². The number of carbonyl (C=O) groups is 1. The third-order valence-corrected chi connectivity index (χ3v) is 3.90. The van der Waals surface area contributed by atoms with Gasteiger partial charge in [0.15, 0.2) is 0 Å². The van der Waals surface area contributed by atoms with Crippen LogP contribution in [0.5, 0.6) is 0 Å². The number of nitrogen functional groups attached to an aromatic ring is 1. The maximum absolute atomic E-state index is 12.2. The fourth-order valence-corrected chi connectivity index (χ4v) is 2.68. The number of hydrogen-bond donors (Lipinski definition) is 3. The molecule has 0 radical (unpaired) electrons. The first-order valence-electron chi connectivity index (χ1n) is 6.94. The maximum atomic E-state index is 12.2. The molecule has 1 aromatic rings. The van der Waals surface area contributed by atoms with Crippen LogP contribution in [0.1, 0.15) is 42.1 Å². The second-order valence-corrected chi connectivity index (χ2v) is 5.96. The molecule has 0 fully saturated rings. The number of aliphatic hydroxyl groups excluding tert-OH is 1. The molecule has 5 heteroatoms. The van der Waals surface area contributed by atoms with Gasteiger partial charge in [0.25, 0.3) is 5.91 Å². The molecule has 0 aliphatic heterocycles. The molecule has 0 saturated carbocycles. The van der Waals surface area contributed by atoms with Gasteiger partial charge >= 0.3 is 0 Å². The molecule has 1 unspecified atom stereocenters. The SMILES string of the molecule is CCCC(CCO)CNC(=O)c1cc(Br)cc(N)c1C. The molecule has 1 amide bonds. The number of anilines is 1. The molecule has 1 atom stereocenters. The molecular weight excluding hydrogens is 320 g/mol. The van der Waals surface area contributed by atoms with Gasteiger partial charge in [-0.3, -0.25) is 4.79 Å². The lowest BCUT2D eigenvalue weighted by molar-refractivity contribution is 0.0942. The maximum Gasteiger partial charge on any atom is 0.251 e. The van der Waals surface area contributed by atoms with Crippen molar-refractivity contribution in [1.82, 2.24) is 5.32 Å². The van der Waals surface area contributed by atoms with E-state index in [1.165, 1.54) is 0 Å². The highest BCUT2D eigenvalue weighted by Gasteiger charge is 2.14. The predicted octanol–water partition coefficient (Wildman–Crippen LogP) is 2.87. The number of carbonyl (C=O) groups excluding carboxylic acids is 1. The lowest BCUT2D eigenvalue weighted by Gasteiger charge is -2.16. The summed E-state index contributed by atoms with van der Waals surface area (Å²) in [5.41, 5.74) is 7.85. The van der Waals surface area contributed by atoms with Crippen LogP contribution in [0.3, 0.4) is 0 Å². The Kier molecular flexibility index (Phi) is 7.02. The van der Waals surface area contributed by atoms with Crippen molar-refractivity contribution in [3.05, 3.63) is 27.7 Å². The average Bonchev–Trinajstić information content (AvgIpc) is 2.40. The standard InChI is InChI=1S/C15H23BrN2O2/c1-3-4-11(5-6-19)9-18-15(20)13-7-12(16)8-14(17)10(13)2/h7-8,11,19H,3-6,9,17H2,1-2H3,(H,18,20). The number of halogens is 1. The van der Waals surface area contributed by atoms with Gasteiger partial charge in [0.05, 0.1) is 0 Å². The zero-order chi connectivity index (χ0) is 15.1. The number of rotatable bonds is 7. The first kappa shape index (κ1) is 17.0. The summed E-state index contributed by atoms with van der Waals surface area (Å²) in [4.78, 5) is 12.2. The zero-order valence-electron chi connectivity index (χ0n) is 12.1. The summed E-state index contributed by atoms with van der Waals surface area (Å²) in [5, 5.41) is 12.0. The smallest absolute Gasteiger partial charge is 0.251 e. The van der Waals surface area contributed by atoms with E-state index in [2.05, 4.69) is 28.2 Å². The van der Waals surface area contributed by atoms with Crippen molar-refractivity contribution in [3.8, 4) is 0 Å². The first-order chi connectivity index (χ1) is 9.49. The van der Waals surface area contributed by atoms with Gasteiger partial charge in [-0.25, -0.2) is 0 Å². The summed E-state index contributed by atoms with van der Waals surface area (Å²) in [7, 11) is 0. The highest BCUT2D eigenvalue weighted by Crippen LogP contribution is 2.22. The monoisotopic (exact) mass is 342 g/mol. The van der Waals surface area contributed by atoms with Gasteiger partial charge < -0.3 is 16.2 Å². The summed E-state index contributed by atoms with van der Waals surface area (Å²) in [6.07, 6.45) is 2.76. The molecule has 1 aromatic carbocycles. The van der Waals surface area contributed by atoms with Crippen molar-refractivity contribution in [1.29, 1.82) is 0 Å². The molecule has 112 valence electrons. The van der Waals surface area contributed by atoms with Crippen LogP contribution >= 0.6 is 15.9 Å². The minimum Gasteiger partial charge on any atom is -0.398 e. The van der Waals surface area contributed by atoms with Gasteiger partial charge in [-0.05, 0) is 43.4 Å². The van der Waals surface area contributed by atoms with Gasteiger partial charge in [0.1, 0.15) is 0 Å². The normalized spacial score (nSPS) is 12.2. The Morgan fingerprint density at radius 1 is 1.45 bits per heavy atom. The van der Waals surface area contributed by atoms with Crippen LogP contribution < -0.4 is 11.1 Å². The Hall–Kier alpha value is -1.07. The Balaban J connectivity index is 2.71. The number of nitrogens with one attached hydrogen (secondary N) is 1. The topological polar surface area (TPSA) is 75.3 Å². The summed E-state index contributed by atoms with van der Waals surface area (Å²) >= 11 is 3.35. The van der Waals surface area contributed by atoms with E-state index in [1.54, 1.807) is 12.1 Å². The summed E-state index contributed by atoms with van der Waals surface area (Å²) < 4.78 is 0.797. The Morgan fingerprint density at radius 3 is 2.75 bits per heavy atom. The van der Waals surface area contributed by atoms with Crippen molar-refractivity contribution in [2.75, 3.05) is 18.9 Å². The number of aliphatic hydroxyl groups is 1. The number of amides is 1. The van der Waals surface area contributed by atoms with Gasteiger partial charge in [0, 0.05) is 28.9 Å². The highest BCUT2D eigenvalue weighted by atomic mass is 79.9. The van der Waals surface area contributed by atoms with E-state index >= 15 is 0 Å². The van der Waals surface area contributed by atoms with Crippen LogP contribution in [0.15, 0.2) is 16.6 Å². The molecule has 4 N–H and O–H groups in total. The van der Waals surface area contributed by atoms with Crippen LogP contribution in [0, 0.1) is 12.8 Å². The van der Waals surface area contributed by atoms with E-state index in [0.29, 0.717) is 30.1 Å². The largest absolute Gasteiger partial charge is 0.398 e. The van der Waals surface area contributed by atoms with Gasteiger partial charge in [0.2, 0.25) is 0 Å². The van der Waals surface area contributed by atoms with E-state index < -0.39 is 0 Å². The summed E-state index contributed by atoms with van der Waals surface area (Å²) in [6, 6.07) is 3.57. The second-order valence-electron chi connectivity index (χ2n) is 5.04. The zero-order valence-corrected chi connectivity index (χ0v) is 13.7. The highest BCUT2D eigenvalue weighted by molar-refractivity contribution is 9.10. The Morgan fingerprint density at radius 2 is 2.15 bits per heavy atom. The van der Waals surface area contributed by atoms with E-state index in [0.717, 1.165) is 22.9 Å². The van der Waals surface area contributed by atoms with Crippen molar-refractivity contribution >= 4 is 27.5 Å². The van der Waals surface area contributed by atoms with Crippen LogP contribution in [-0.2, 0) is 0 Å². The van der Waals surface area contributed by atoms with Crippen LogP contribution in [0.4, 0.5) is 5.69 Å². The minimum absolute atomic E-state index is 0.116. The number of nitrogens with two attached hydrogens (primary N) is 1. The average molecular weight is 343 g/mol. The molecule has 0 spiro atoms. The summed E-state index contributed by atoms with van der Waals surface area (Å²) in [5.74, 6) is 0.202. The molecule has 0 bridgehead atoms. The predicted molar refractivity (Wildman–Crippen MR) is 85.7 cm³/mol. The third-order valence-electron chi connectivity index (χ3n) is 3.44. The quantitative estimate of drug-likeness (QED) is 0.667. The van der Waals surface area contributed by atoms with E-state index in [1.807, 2.05) is 6.92 Å². The van der Waals surface area contributed by atoms with Crippen molar-refractivity contribution in [2.45, 2.75) is 33.1 Å². The van der Waals surface area contributed by atoms with Crippen molar-refractivity contribution in [2.24, 2.45) is 5.92 Å². The number of benzene rings is 1. The van der Waals surface area contributed by atoms with Crippen LogP contribution in [0.2, 0.25) is 0 Å². The Labute approximate surface area is 128 Å².